The van der Waals surface area contributed by atoms with E-state index in [0.717, 1.165) is 49.4 Å². The lowest BCUT2D eigenvalue weighted by Crippen LogP contribution is -2.50. The van der Waals surface area contributed by atoms with Crippen LogP contribution in [0.3, 0.4) is 0 Å². The van der Waals surface area contributed by atoms with Crippen molar-refractivity contribution in [3.05, 3.63) is 34.6 Å². The first-order valence-electron chi connectivity index (χ1n) is 14.0. The van der Waals surface area contributed by atoms with E-state index in [1.54, 1.807) is 0 Å². The van der Waals surface area contributed by atoms with E-state index in [9.17, 15) is 4.79 Å². The molecule has 1 unspecified atom stereocenters. The van der Waals surface area contributed by atoms with Crippen molar-refractivity contribution in [2.24, 2.45) is 0 Å². The second kappa shape index (κ2) is 11.2. The van der Waals surface area contributed by atoms with Gasteiger partial charge in [-0.2, -0.15) is 0 Å². The van der Waals surface area contributed by atoms with Crippen LogP contribution in [0.4, 0.5) is 5.82 Å². The van der Waals surface area contributed by atoms with Gasteiger partial charge in [0.15, 0.2) is 5.82 Å². The lowest BCUT2D eigenvalue weighted by Gasteiger charge is -2.45. The third kappa shape index (κ3) is 5.03. The molecule has 2 bridgehead atoms. The predicted octanol–water partition coefficient (Wildman–Crippen LogP) is 5.09. The molecule has 0 amide bonds. The molecule has 34 heavy (non-hydrogen) atoms. The summed E-state index contributed by atoms with van der Waals surface area (Å²) in [6, 6.07) is 10.5. The van der Waals surface area contributed by atoms with Crippen LogP contribution in [0.5, 0.6) is 0 Å². The van der Waals surface area contributed by atoms with Gasteiger partial charge in [0.05, 0.1) is 11.0 Å². The highest BCUT2D eigenvalue weighted by molar-refractivity contribution is 5.76. The first kappa shape index (κ1) is 23.8. The molecule has 1 aromatic heterocycles. The Hall–Kier alpha value is -1.92. The lowest BCUT2D eigenvalue weighted by atomic mass is 9.89. The number of benzene rings is 1. The van der Waals surface area contributed by atoms with Crippen molar-refractivity contribution in [3.8, 4) is 0 Å². The van der Waals surface area contributed by atoms with Crippen molar-refractivity contribution in [3.63, 3.8) is 0 Å². The number of nitrogens with zero attached hydrogens (tertiary/aromatic N) is 3. The van der Waals surface area contributed by atoms with Crippen molar-refractivity contribution in [2.45, 2.75) is 108 Å². The molecule has 0 radical (unpaired) electrons. The molecule has 0 spiro atoms. The van der Waals surface area contributed by atoms with Crippen molar-refractivity contribution in [1.29, 1.82) is 0 Å². The Morgan fingerprint density at radius 3 is 2.29 bits per heavy atom. The summed E-state index contributed by atoms with van der Waals surface area (Å²) in [5.41, 5.74) is 1.96. The highest BCUT2D eigenvalue weighted by atomic mass is 16.1. The van der Waals surface area contributed by atoms with Gasteiger partial charge in [-0.05, 0) is 63.6 Å². The SMILES string of the molecule is CCCNCCNc1nc2ccccc2n([C@H]2CC3CC[C@@H](C2)N3C2CCCCCCC2)c1=O. The minimum absolute atomic E-state index is 0.0537. The van der Waals surface area contributed by atoms with E-state index >= 15 is 0 Å². The molecule has 2 aromatic rings. The first-order chi connectivity index (χ1) is 16.8. The third-order valence-corrected chi connectivity index (χ3v) is 8.44. The maximum absolute atomic E-state index is 13.7. The number of para-hydroxylation sites is 2. The van der Waals surface area contributed by atoms with Crippen LogP contribution in [0.2, 0.25) is 0 Å². The van der Waals surface area contributed by atoms with Crippen LogP contribution >= 0.6 is 0 Å². The van der Waals surface area contributed by atoms with Gasteiger partial charge in [-0.3, -0.25) is 9.69 Å². The van der Waals surface area contributed by atoms with Crippen molar-refractivity contribution >= 4 is 16.9 Å². The Kier molecular flexibility index (Phi) is 7.85. The van der Waals surface area contributed by atoms with Gasteiger partial charge in [-0.25, -0.2) is 4.98 Å². The number of nitrogens with one attached hydrogen (secondary N) is 2. The fraction of sp³-hybridized carbons (Fsp3) is 0.714. The normalized spacial score (nSPS) is 26.4. The van der Waals surface area contributed by atoms with Gasteiger partial charge < -0.3 is 15.2 Å². The third-order valence-electron chi connectivity index (χ3n) is 8.44. The number of piperidine rings is 1. The largest absolute Gasteiger partial charge is 0.364 e. The van der Waals surface area contributed by atoms with E-state index in [-0.39, 0.29) is 11.6 Å². The number of anilines is 1. The molecule has 3 fully saturated rings. The van der Waals surface area contributed by atoms with Crippen LogP contribution < -0.4 is 16.2 Å². The molecule has 186 valence electrons. The van der Waals surface area contributed by atoms with Crippen molar-refractivity contribution in [1.82, 2.24) is 19.8 Å². The summed E-state index contributed by atoms with van der Waals surface area (Å²) in [5.74, 6) is 0.506. The maximum Gasteiger partial charge on any atom is 0.294 e. The van der Waals surface area contributed by atoms with Gasteiger partial charge in [0.1, 0.15) is 0 Å². The van der Waals surface area contributed by atoms with Gasteiger partial charge >= 0.3 is 0 Å². The monoisotopic (exact) mass is 465 g/mol. The summed E-state index contributed by atoms with van der Waals surface area (Å²) in [7, 11) is 0. The van der Waals surface area contributed by atoms with Gasteiger partial charge in [-0.1, -0.05) is 51.2 Å². The van der Waals surface area contributed by atoms with E-state index in [2.05, 4.69) is 33.1 Å². The van der Waals surface area contributed by atoms with Crippen molar-refractivity contribution in [2.75, 3.05) is 25.0 Å². The molecule has 3 aliphatic rings. The topological polar surface area (TPSA) is 62.2 Å². The minimum Gasteiger partial charge on any atom is -0.364 e. The van der Waals surface area contributed by atoms with Crippen molar-refractivity contribution < 1.29 is 0 Å². The molecule has 1 saturated carbocycles. The van der Waals surface area contributed by atoms with Crippen LogP contribution in [0.25, 0.3) is 11.0 Å². The Bertz CT molecular complexity index is 982. The predicted molar refractivity (Wildman–Crippen MR) is 141 cm³/mol. The summed E-state index contributed by atoms with van der Waals surface area (Å²) in [6.07, 6.45) is 15.7. The Labute approximate surface area is 204 Å². The first-order valence-corrected chi connectivity index (χ1v) is 14.0. The zero-order valence-corrected chi connectivity index (χ0v) is 21.0. The van der Waals surface area contributed by atoms with Crippen LogP contribution in [0.15, 0.2) is 29.1 Å². The Morgan fingerprint density at radius 1 is 0.853 bits per heavy atom. The van der Waals surface area contributed by atoms with Crippen LogP contribution in [-0.2, 0) is 0 Å². The zero-order valence-electron chi connectivity index (χ0n) is 21.0. The smallest absolute Gasteiger partial charge is 0.294 e. The van der Waals surface area contributed by atoms with E-state index in [0.29, 0.717) is 24.4 Å². The summed E-state index contributed by atoms with van der Waals surface area (Å²) in [4.78, 5) is 21.3. The van der Waals surface area contributed by atoms with Gasteiger partial charge in [0, 0.05) is 37.3 Å². The number of rotatable bonds is 8. The average molecular weight is 466 g/mol. The number of hydrogen-bond acceptors (Lipinski definition) is 5. The summed E-state index contributed by atoms with van der Waals surface area (Å²) in [6.45, 7) is 4.72. The van der Waals surface area contributed by atoms with Crippen LogP contribution in [0.1, 0.15) is 90.0 Å². The second-order valence-electron chi connectivity index (χ2n) is 10.8. The molecule has 3 atom stereocenters. The average Bonchev–Trinajstić information content (AvgIpc) is 3.08. The van der Waals surface area contributed by atoms with Crippen LogP contribution in [-0.4, -0.2) is 52.2 Å². The Morgan fingerprint density at radius 2 is 1.56 bits per heavy atom. The van der Waals surface area contributed by atoms with E-state index in [4.69, 9.17) is 4.98 Å². The summed E-state index contributed by atoms with van der Waals surface area (Å²) in [5, 5.41) is 6.74. The van der Waals surface area contributed by atoms with Gasteiger partial charge in [0.25, 0.3) is 5.56 Å². The molecule has 1 aliphatic carbocycles. The number of fused-ring (bicyclic) bond motifs is 3. The highest BCUT2D eigenvalue weighted by Crippen LogP contribution is 2.44. The summed E-state index contributed by atoms with van der Waals surface area (Å²) >= 11 is 0. The van der Waals surface area contributed by atoms with Gasteiger partial charge in [-0.15, -0.1) is 0 Å². The second-order valence-corrected chi connectivity index (χ2v) is 10.8. The molecule has 6 nitrogen and oxygen atoms in total. The molecule has 6 heteroatoms. The fourth-order valence-corrected chi connectivity index (χ4v) is 6.93. The molecule has 1 aromatic carbocycles. The van der Waals surface area contributed by atoms with Crippen LogP contribution in [0, 0.1) is 0 Å². The molecule has 2 aliphatic heterocycles. The molecule has 3 heterocycles. The number of aromatic nitrogens is 2. The lowest BCUT2D eigenvalue weighted by molar-refractivity contribution is 0.0498. The quantitative estimate of drug-likeness (QED) is 0.532. The molecular weight excluding hydrogens is 422 g/mol. The minimum atomic E-state index is 0.0537. The van der Waals surface area contributed by atoms with E-state index in [1.165, 1.54) is 57.8 Å². The van der Waals surface area contributed by atoms with Gasteiger partial charge in [0.2, 0.25) is 0 Å². The Balaban J connectivity index is 1.38. The molecule has 2 N–H and O–H groups in total. The molecule has 5 rings (SSSR count). The molecule has 2 saturated heterocycles. The standard InChI is InChI=1S/C28H43N5O/c1-2-16-29-17-18-30-27-28(34)33(26-13-9-8-12-25(26)31-27)24-19-22-14-15-23(20-24)32(22)21-10-6-4-3-5-7-11-21/h8-9,12-13,21-24,29H,2-7,10-11,14-20H2,1H3,(H,30,31)/t22-,23?,24+/m0/s1. The zero-order chi connectivity index (χ0) is 23.3. The summed E-state index contributed by atoms with van der Waals surface area (Å²) < 4.78 is 2.10. The van der Waals surface area contributed by atoms with E-state index in [1.807, 2.05) is 18.2 Å². The number of hydrogen-bond donors (Lipinski definition) is 2. The molecular formula is C28H43N5O. The highest BCUT2D eigenvalue weighted by Gasteiger charge is 2.44. The van der Waals surface area contributed by atoms with E-state index < -0.39 is 0 Å². The maximum atomic E-state index is 13.7. The fourth-order valence-electron chi connectivity index (χ4n) is 6.93.